The number of amides is 2. The SMILES string of the molecule is CCOc1ccccc1C(CC(=O)N1CCC(OCCCN)CC1)NC(C)=O.Cl. The number of likely N-dealkylation sites (tertiary alicyclic amines) is 1. The zero-order chi connectivity index (χ0) is 20.4. The number of rotatable bonds is 10. The van der Waals surface area contributed by atoms with Gasteiger partial charge >= 0.3 is 0 Å². The quantitative estimate of drug-likeness (QED) is 0.559. The monoisotopic (exact) mass is 427 g/mol. The van der Waals surface area contributed by atoms with Gasteiger partial charge in [0.25, 0.3) is 0 Å². The van der Waals surface area contributed by atoms with Crippen LogP contribution in [0.2, 0.25) is 0 Å². The van der Waals surface area contributed by atoms with Crippen molar-refractivity contribution in [2.75, 3.05) is 32.8 Å². The molecule has 3 N–H and O–H groups in total. The molecule has 0 aliphatic carbocycles. The Hall–Kier alpha value is -1.83. The summed E-state index contributed by atoms with van der Waals surface area (Å²) in [7, 11) is 0. The molecule has 2 rings (SSSR count). The number of benzene rings is 1. The van der Waals surface area contributed by atoms with Crippen molar-refractivity contribution < 1.29 is 19.1 Å². The summed E-state index contributed by atoms with van der Waals surface area (Å²) in [6, 6.07) is 7.13. The number of halogens is 1. The van der Waals surface area contributed by atoms with Crippen LogP contribution in [0.3, 0.4) is 0 Å². The number of carbonyl (C=O) groups is 2. The first-order chi connectivity index (χ1) is 13.5. The molecule has 0 radical (unpaired) electrons. The van der Waals surface area contributed by atoms with Gasteiger partial charge in [-0.2, -0.15) is 0 Å². The Morgan fingerprint density at radius 3 is 2.59 bits per heavy atom. The number of nitrogens with one attached hydrogen (secondary N) is 1. The van der Waals surface area contributed by atoms with Gasteiger partial charge in [0.05, 0.1) is 25.2 Å². The van der Waals surface area contributed by atoms with E-state index in [4.69, 9.17) is 15.2 Å². The maximum Gasteiger partial charge on any atom is 0.224 e. The van der Waals surface area contributed by atoms with Gasteiger partial charge in [0.1, 0.15) is 5.75 Å². The van der Waals surface area contributed by atoms with Crippen molar-refractivity contribution in [2.45, 2.75) is 51.7 Å². The van der Waals surface area contributed by atoms with E-state index >= 15 is 0 Å². The molecule has 8 heteroatoms. The summed E-state index contributed by atoms with van der Waals surface area (Å²) in [6.07, 6.45) is 2.92. The number of hydrogen-bond acceptors (Lipinski definition) is 5. The number of nitrogens with two attached hydrogens (primary N) is 1. The number of nitrogens with zero attached hydrogens (tertiary/aromatic N) is 1. The van der Waals surface area contributed by atoms with E-state index in [2.05, 4.69) is 5.32 Å². The Balaban J connectivity index is 0.00000420. The third kappa shape index (κ3) is 8.20. The minimum atomic E-state index is -0.411. The van der Waals surface area contributed by atoms with E-state index in [0.717, 1.165) is 24.8 Å². The van der Waals surface area contributed by atoms with Gasteiger partial charge in [0.15, 0.2) is 0 Å². The second-order valence-corrected chi connectivity index (χ2v) is 7.02. The highest BCUT2D eigenvalue weighted by molar-refractivity contribution is 5.85. The molecule has 1 fully saturated rings. The lowest BCUT2D eigenvalue weighted by molar-refractivity contribution is -0.134. The van der Waals surface area contributed by atoms with Crippen molar-refractivity contribution >= 4 is 24.2 Å². The topological polar surface area (TPSA) is 93.9 Å². The van der Waals surface area contributed by atoms with Crippen LogP contribution in [0, 0.1) is 0 Å². The smallest absolute Gasteiger partial charge is 0.224 e. The highest BCUT2D eigenvalue weighted by Gasteiger charge is 2.27. The molecule has 1 heterocycles. The molecular weight excluding hydrogens is 394 g/mol. The van der Waals surface area contributed by atoms with Crippen molar-refractivity contribution in [3.05, 3.63) is 29.8 Å². The lowest BCUT2D eigenvalue weighted by Crippen LogP contribution is -2.42. The molecule has 1 aromatic rings. The third-order valence-corrected chi connectivity index (χ3v) is 4.85. The van der Waals surface area contributed by atoms with Crippen LogP contribution in [0.1, 0.15) is 51.1 Å². The van der Waals surface area contributed by atoms with Crippen molar-refractivity contribution in [2.24, 2.45) is 5.73 Å². The fraction of sp³-hybridized carbons (Fsp3) is 0.619. The second kappa shape index (κ2) is 13.4. The highest BCUT2D eigenvalue weighted by atomic mass is 35.5. The molecule has 164 valence electrons. The largest absolute Gasteiger partial charge is 0.494 e. The van der Waals surface area contributed by atoms with Gasteiger partial charge in [-0.15, -0.1) is 12.4 Å². The van der Waals surface area contributed by atoms with Gasteiger partial charge in [0, 0.05) is 32.2 Å². The van der Waals surface area contributed by atoms with E-state index in [-0.39, 0.29) is 36.7 Å². The van der Waals surface area contributed by atoms with E-state index in [9.17, 15) is 9.59 Å². The lowest BCUT2D eigenvalue weighted by atomic mass is 10.0. The molecule has 7 nitrogen and oxygen atoms in total. The van der Waals surface area contributed by atoms with Gasteiger partial charge in [-0.1, -0.05) is 18.2 Å². The first-order valence-corrected chi connectivity index (χ1v) is 10.1. The van der Waals surface area contributed by atoms with Gasteiger partial charge in [0.2, 0.25) is 11.8 Å². The summed E-state index contributed by atoms with van der Waals surface area (Å²) < 4.78 is 11.5. The first kappa shape index (κ1) is 25.2. The van der Waals surface area contributed by atoms with Crippen LogP contribution >= 0.6 is 12.4 Å². The van der Waals surface area contributed by atoms with E-state index in [0.29, 0.717) is 38.6 Å². The van der Waals surface area contributed by atoms with Crippen molar-refractivity contribution in [3.8, 4) is 5.75 Å². The van der Waals surface area contributed by atoms with Crippen LogP contribution in [0.5, 0.6) is 5.75 Å². The Kier molecular flexibility index (Phi) is 11.7. The Bertz CT molecular complexity index is 636. The summed E-state index contributed by atoms with van der Waals surface area (Å²) in [5.74, 6) is 0.560. The second-order valence-electron chi connectivity index (χ2n) is 7.02. The molecular formula is C21H34ClN3O4. The average molecular weight is 428 g/mol. The maximum absolute atomic E-state index is 12.9. The fourth-order valence-electron chi connectivity index (χ4n) is 3.45. The van der Waals surface area contributed by atoms with Crippen molar-refractivity contribution in [1.29, 1.82) is 0 Å². The van der Waals surface area contributed by atoms with Crippen molar-refractivity contribution in [3.63, 3.8) is 0 Å². The molecule has 29 heavy (non-hydrogen) atoms. The molecule has 1 unspecified atom stereocenters. The molecule has 0 bridgehead atoms. The molecule has 2 amide bonds. The van der Waals surface area contributed by atoms with Gasteiger partial charge < -0.3 is 25.4 Å². The minimum Gasteiger partial charge on any atom is -0.494 e. The molecule has 0 spiro atoms. The normalized spacial score (nSPS) is 15.3. The predicted molar refractivity (Wildman–Crippen MR) is 115 cm³/mol. The molecule has 0 saturated carbocycles. The van der Waals surface area contributed by atoms with Crippen LogP contribution in [-0.2, 0) is 14.3 Å². The number of carbonyl (C=O) groups excluding carboxylic acids is 2. The molecule has 1 aliphatic rings. The zero-order valence-electron chi connectivity index (χ0n) is 17.4. The van der Waals surface area contributed by atoms with E-state index in [1.165, 1.54) is 6.92 Å². The zero-order valence-corrected chi connectivity index (χ0v) is 18.2. The molecule has 0 aromatic heterocycles. The van der Waals surface area contributed by atoms with Crippen LogP contribution < -0.4 is 15.8 Å². The summed E-state index contributed by atoms with van der Waals surface area (Å²) in [4.78, 5) is 26.5. The number of ether oxygens (including phenoxy) is 2. The van der Waals surface area contributed by atoms with E-state index in [1.807, 2.05) is 36.1 Å². The number of piperidine rings is 1. The van der Waals surface area contributed by atoms with Gasteiger partial charge in [-0.05, 0) is 38.8 Å². The summed E-state index contributed by atoms with van der Waals surface area (Å²) >= 11 is 0. The Labute approximate surface area is 179 Å². The number of hydrogen-bond donors (Lipinski definition) is 2. The molecule has 1 saturated heterocycles. The Morgan fingerprint density at radius 2 is 1.97 bits per heavy atom. The summed E-state index contributed by atoms with van der Waals surface area (Å²) in [6.45, 7) is 6.55. The molecule has 1 aliphatic heterocycles. The Morgan fingerprint density at radius 1 is 1.28 bits per heavy atom. The van der Waals surface area contributed by atoms with E-state index in [1.54, 1.807) is 0 Å². The maximum atomic E-state index is 12.9. The van der Waals surface area contributed by atoms with Crippen molar-refractivity contribution in [1.82, 2.24) is 10.2 Å². The average Bonchev–Trinajstić information content (AvgIpc) is 2.68. The molecule has 1 atom stereocenters. The summed E-state index contributed by atoms with van der Waals surface area (Å²) in [5.41, 5.74) is 6.32. The van der Waals surface area contributed by atoms with Crippen LogP contribution in [0.15, 0.2) is 24.3 Å². The van der Waals surface area contributed by atoms with E-state index < -0.39 is 6.04 Å². The van der Waals surface area contributed by atoms with Crippen LogP contribution in [0.25, 0.3) is 0 Å². The van der Waals surface area contributed by atoms with Gasteiger partial charge in [-0.3, -0.25) is 9.59 Å². The van der Waals surface area contributed by atoms with Crippen LogP contribution in [0.4, 0.5) is 0 Å². The first-order valence-electron chi connectivity index (χ1n) is 10.1. The minimum absolute atomic E-state index is 0. The van der Waals surface area contributed by atoms with Gasteiger partial charge in [-0.25, -0.2) is 0 Å². The predicted octanol–water partition coefficient (Wildman–Crippen LogP) is 2.43. The standard InChI is InChI=1S/C21H33N3O4.ClH/c1-3-27-20-8-5-4-7-18(20)19(23-16(2)25)15-21(26)24-12-9-17(10-13-24)28-14-6-11-22;/h4-5,7-8,17,19H,3,6,9-15,22H2,1-2H3,(H,23,25);1H. The highest BCUT2D eigenvalue weighted by Crippen LogP contribution is 2.28. The third-order valence-electron chi connectivity index (χ3n) is 4.85. The van der Waals surface area contributed by atoms with Crippen LogP contribution in [-0.4, -0.2) is 55.7 Å². The fourth-order valence-corrected chi connectivity index (χ4v) is 3.45. The molecule has 1 aromatic carbocycles. The summed E-state index contributed by atoms with van der Waals surface area (Å²) in [5, 5.41) is 2.91. The number of para-hydroxylation sites is 1. The lowest BCUT2D eigenvalue weighted by Gasteiger charge is -2.33.